The maximum atomic E-state index is 10.9. The largest absolute Gasteiger partial charge is 0.465 e. The van der Waals surface area contributed by atoms with Crippen LogP contribution in [-0.2, 0) is 0 Å². The second kappa shape index (κ2) is 4.00. The summed E-state index contributed by atoms with van der Waals surface area (Å²) >= 11 is 0. The molecule has 4 nitrogen and oxygen atoms in total. The molecule has 0 aromatic heterocycles. The van der Waals surface area contributed by atoms with E-state index >= 15 is 0 Å². The standard InChI is InChI=1S/C11H22N2O2/c1-10(2,3)11(13-9(14)15)6-4-8(12)5-7-11/h8,13H,4-7,12H2,1-3H3,(H,14,15)/t8-,11-. The van der Waals surface area contributed by atoms with Crippen molar-refractivity contribution in [2.24, 2.45) is 11.1 Å². The molecule has 1 aliphatic carbocycles. The zero-order valence-electron chi connectivity index (χ0n) is 9.84. The van der Waals surface area contributed by atoms with E-state index in [2.05, 4.69) is 26.1 Å². The highest BCUT2D eigenvalue weighted by molar-refractivity contribution is 5.65. The molecule has 0 unspecified atom stereocenters. The molecule has 1 saturated carbocycles. The molecule has 0 radical (unpaired) electrons. The van der Waals surface area contributed by atoms with Crippen LogP contribution < -0.4 is 11.1 Å². The van der Waals surface area contributed by atoms with Crippen molar-refractivity contribution >= 4 is 6.09 Å². The maximum Gasteiger partial charge on any atom is 0.405 e. The second-order valence-electron chi connectivity index (χ2n) is 5.60. The summed E-state index contributed by atoms with van der Waals surface area (Å²) in [5.41, 5.74) is 5.48. The van der Waals surface area contributed by atoms with Gasteiger partial charge in [-0.25, -0.2) is 4.79 Å². The van der Waals surface area contributed by atoms with Crippen LogP contribution in [0.25, 0.3) is 0 Å². The molecule has 4 heteroatoms. The lowest BCUT2D eigenvalue weighted by atomic mass is 9.65. The molecule has 0 aromatic carbocycles. The Balaban J connectivity index is 2.83. The first-order valence-corrected chi connectivity index (χ1v) is 5.53. The van der Waals surface area contributed by atoms with Crippen LogP contribution in [0.2, 0.25) is 0 Å². The predicted molar refractivity (Wildman–Crippen MR) is 59.8 cm³/mol. The summed E-state index contributed by atoms with van der Waals surface area (Å²) < 4.78 is 0. The molecule has 0 atom stereocenters. The summed E-state index contributed by atoms with van der Waals surface area (Å²) in [7, 11) is 0. The third-order valence-electron chi connectivity index (χ3n) is 3.67. The van der Waals surface area contributed by atoms with Gasteiger partial charge in [0, 0.05) is 11.6 Å². The fraction of sp³-hybridized carbons (Fsp3) is 0.909. The van der Waals surface area contributed by atoms with Gasteiger partial charge in [-0.2, -0.15) is 0 Å². The van der Waals surface area contributed by atoms with E-state index in [1.54, 1.807) is 0 Å². The summed E-state index contributed by atoms with van der Waals surface area (Å²) in [4.78, 5) is 10.9. The predicted octanol–water partition coefficient (Wildman–Crippen LogP) is 1.94. The Kier molecular flexibility index (Phi) is 3.28. The Hall–Kier alpha value is -0.770. The first-order chi connectivity index (χ1) is 6.77. The zero-order valence-corrected chi connectivity index (χ0v) is 9.84. The van der Waals surface area contributed by atoms with Crippen LogP contribution in [0.15, 0.2) is 0 Å². The molecule has 1 fully saturated rings. The molecule has 0 saturated heterocycles. The number of carboxylic acid groups (broad SMARTS) is 1. The highest BCUT2D eigenvalue weighted by Gasteiger charge is 2.45. The molecule has 4 N–H and O–H groups in total. The second-order valence-corrected chi connectivity index (χ2v) is 5.60. The van der Waals surface area contributed by atoms with Gasteiger partial charge in [0.05, 0.1) is 0 Å². The minimum absolute atomic E-state index is 0.0640. The Morgan fingerprint density at radius 2 is 1.87 bits per heavy atom. The number of nitrogens with one attached hydrogen (secondary N) is 1. The molecule has 0 heterocycles. The topological polar surface area (TPSA) is 75.3 Å². The quantitative estimate of drug-likeness (QED) is 0.624. The van der Waals surface area contributed by atoms with E-state index in [-0.39, 0.29) is 17.0 Å². The number of nitrogens with two attached hydrogens (primary N) is 1. The van der Waals surface area contributed by atoms with E-state index in [9.17, 15) is 4.79 Å². The summed E-state index contributed by atoms with van der Waals surface area (Å²) in [6.07, 6.45) is 2.55. The van der Waals surface area contributed by atoms with E-state index in [4.69, 9.17) is 10.8 Å². The first kappa shape index (κ1) is 12.3. The smallest absolute Gasteiger partial charge is 0.405 e. The van der Waals surface area contributed by atoms with Crippen LogP contribution in [-0.4, -0.2) is 22.8 Å². The molecule has 1 amide bonds. The van der Waals surface area contributed by atoms with E-state index in [1.807, 2.05) is 0 Å². The fourth-order valence-electron chi connectivity index (χ4n) is 2.40. The van der Waals surface area contributed by atoms with Gasteiger partial charge in [0.1, 0.15) is 0 Å². The first-order valence-electron chi connectivity index (χ1n) is 5.53. The summed E-state index contributed by atoms with van der Waals surface area (Å²) in [6.45, 7) is 6.25. The Labute approximate surface area is 91.2 Å². The molecular formula is C11H22N2O2. The van der Waals surface area contributed by atoms with E-state index in [0.29, 0.717) is 0 Å². The minimum atomic E-state index is -0.930. The molecule has 1 aliphatic rings. The van der Waals surface area contributed by atoms with Crippen molar-refractivity contribution in [2.75, 3.05) is 0 Å². The van der Waals surface area contributed by atoms with Crippen molar-refractivity contribution in [1.82, 2.24) is 5.32 Å². The zero-order chi connectivity index (χ0) is 11.7. The lowest BCUT2D eigenvalue weighted by Crippen LogP contribution is -2.59. The number of hydrogen-bond acceptors (Lipinski definition) is 2. The molecule has 0 aromatic rings. The summed E-state index contributed by atoms with van der Waals surface area (Å²) in [5, 5.41) is 11.6. The Morgan fingerprint density at radius 3 is 2.20 bits per heavy atom. The van der Waals surface area contributed by atoms with Gasteiger partial charge in [-0.1, -0.05) is 20.8 Å². The molecule has 1 rings (SSSR count). The van der Waals surface area contributed by atoms with Gasteiger partial charge in [-0.05, 0) is 31.1 Å². The van der Waals surface area contributed by atoms with Crippen molar-refractivity contribution in [3.63, 3.8) is 0 Å². The summed E-state index contributed by atoms with van der Waals surface area (Å²) in [5.74, 6) is 0. The third-order valence-corrected chi connectivity index (χ3v) is 3.67. The van der Waals surface area contributed by atoms with E-state index < -0.39 is 6.09 Å². The number of rotatable bonds is 1. The third kappa shape index (κ3) is 2.62. The van der Waals surface area contributed by atoms with E-state index in [1.165, 1.54) is 0 Å². The van der Waals surface area contributed by atoms with Crippen LogP contribution in [0, 0.1) is 5.41 Å². The molecule has 88 valence electrons. The SMILES string of the molecule is CC(C)(C)[C@]1(NC(=O)O)CC[C@H](N)CC1. The molecule has 0 aliphatic heterocycles. The van der Waals surface area contributed by atoms with Gasteiger partial charge < -0.3 is 16.2 Å². The number of carbonyl (C=O) groups is 1. The lowest BCUT2D eigenvalue weighted by Gasteiger charge is -2.48. The number of hydrogen-bond donors (Lipinski definition) is 3. The molecular weight excluding hydrogens is 192 g/mol. The normalized spacial score (nSPS) is 32.4. The average Bonchev–Trinajstić information content (AvgIpc) is 2.06. The van der Waals surface area contributed by atoms with Gasteiger partial charge in [0.2, 0.25) is 0 Å². The van der Waals surface area contributed by atoms with Gasteiger partial charge in [0.15, 0.2) is 0 Å². The van der Waals surface area contributed by atoms with Crippen LogP contribution in [0.3, 0.4) is 0 Å². The Bertz CT molecular complexity index is 237. The minimum Gasteiger partial charge on any atom is -0.465 e. The molecule has 15 heavy (non-hydrogen) atoms. The van der Waals surface area contributed by atoms with Crippen LogP contribution in [0.1, 0.15) is 46.5 Å². The van der Waals surface area contributed by atoms with Crippen molar-refractivity contribution in [2.45, 2.75) is 58.0 Å². The number of amides is 1. The molecule has 0 bridgehead atoms. The van der Waals surface area contributed by atoms with Gasteiger partial charge in [-0.15, -0.1) is 0 Å². The van der Waals surface area contributed by atoms with Crippen LogP contribution in [0.5, 0.6) is 0 Å². The van der Waals surface area contributed by atoms with Crippen molar-refractivity contribution < 1.29 is 9.90 Å². The maximum absolute atomic E-state index is 10.9. The Morgan fingerprint density at radius 1 is 1.40 bits per heavy atom. The van der Waals surface area contributed by atoms with Crippen molar-refractivity contribution in [3.05, 3.63) is 0 Å². The monoisotopic (exact) mass is 214 g/mol. The van der Waals surface area contributed by atoms with Crippen molar-refractivity contribution in [1.29, 1.82) is 0 Å². The van der Waals surface area contributed by atoms with Gasteiger partial charge in [-0.3, -0.25) is 0 Å². The highest BCUT2D eigenvalue weighted by atomic mass is 16.4. The molecule has 0 spiro atoms. The van der Waals surface area contributed by atoms with E-state index in [0.717, 1.165) is 25.7 Å². The van der Waals surface area contributed by atoms with Gasteiger partial charge >= 0.3 is 6.09 Å². The van der Waals surface area contributed by atoms with Crippen molar-refractivity contribution in [3.8, 4) is 0 Å². The average molecular weight is 214 g/mol. The lowest BCUT2D eigenvalue weighted by molar-refractivity contribution is 0.0785. The van der Waals surface area contributed by atoms with Crippen LogP contribution >= 0.6 is 0 Å². The fourth-order valence-corrected chi connectivity index (χ4v) is 2.40. The summed E-state index contributed by atoms with van der Waals surface area (Å²) in [6, 6.07) is 0.232. The van der Waals surface area contributed by atoms with Crippen LogP contribution in [0.4, 0.5) is 4.79 Å². The van der Waals surface area contributed by atoms with Gasteiger partial charge in [0.25, 0.3) is 0 Å². The highest BCUT2D eigenvalue weighted by Crippen LogP contribution is 2.41.